The van der Waals surface area contributed by atoms with E-state index in [1.165, 1.54) is 0 Å². The number of aliphatic imine (C=N–C) groups is 1. The number of phenolic OH excluding ortho intramolecular Hbond substituents is 2. The molecule has 0 spiro atoms. The average molecular weight is 521 g/mol. The Labute approximate surface area is 231 Å². The Morgan fingerprint density at radius 1 is 0.600 bits per heavy atom. The van der Waals surface area contributed by atoms with Gasteiger partial charge in [-0.3, -0.25) is 0 Å². The van der Waals surface area contributed by atoms with Crippen molar-refractivity contribution in [2.24, 2.45) is 4.99 Å². The molecule has 0 saturated carbocycles. The third kappa shape index (κ3) is 4.03. The first kappa shape index (κ1) is 23.6. The molecule has 0 atom stereocenters. The lowest BCUT2D eigenvalue weighted by atomic mass is 10.0. The number of anilines is 2. The fraction of sp³-hybridized carbons (Fsp3) is 0.0294. The van der Waals surface area contributed by atoms with Gasteiger partial charge in [0.1, 0.15) is 22.7 Å². The number of aromatic nitrogens is 2. The number of phenols is 2. The van der Waals surface area contributed by atoms with E-state index in [-0.39, 0.29) is 11.5 Å². The van der Waals surface area contributed by atoms with Crippen LogP contribution in [0.25, 0.3) is 33.5 Å². The van der Waals surface area contributed by atoms with Crippen molar-refractivity contribution < 1.29 is 10.2 Å². The normalized spacial score (nSPS) is 12.7. The Hall–Kier alpha value is -5.49. The Morgan fingerprint density at radius 2 is 1.23 bits per heavy atom. The van der Waals surface area contributed by atoms with Crippen LogP contribution in [0.1, 0.15) is 5.56 Å². The number of hydrogen-bond donors (Lipinski definition) is 2. The Balaban J connectivity index is 1.56. The SMILES string of the molecule is Oc1ccccc1C1=Nc2c(ccc3c(-c4ccccc4)nc(-c4ccccc4O)nc23)N(c2ccccc2)C1. The molecule has 0 amide bonds. The number of aromatic hydroxyl groups is 2. The molecule has 1 aliphatic rings. The highest BCUT2D eigenvalue weighted by Crippen LogP contribution is 2.45. The summed E-state index contributed by atoms with van der Waals surface area (Å²) in [7, 11) is 0. The molecule has 0 aliphatic carbocycles. The lowest BCUT2D eigenvalue weighted by molar-refractivity contribution is 0.474. The molecule has 6 heteroatoms. The van der Waals surface area contributed by atoms with Gasteiger partial charge in [-0.1, -0.05) is 72.8 Å². The zero-order valence-electron chi connectivity index (χ0n) is 21.4. The van der Waals surface area contributed by atoms with Crippen LogP contribution in [-0.4, -0.2) is 32.4 Å². The van der Waals surface area contributed by atoms with Crippen LogP contribution in [0, 0.1) is 0 Å². The highest BCUT2D eigenvalue weighted by Gasteiger charge is 2.27. The molecule has 5 aromatic carbocycles. The van der Waals surface area contributed by atoms with Crippen LogP contribution in [-0.2, 0) is 0 Å². The fourth-order valence-corrected chi connectivity index (χ4v) is 5.20. The second-order valence-corrected chi connectivity index (χ2v) is 9.61. The van der Waals surface area contributed by atoms with Gasteiger partial charge in [-0.25, -0.2) is 15.0 Å². The average Bonchev–Trinajstić information content (AvgIpc) is 3.01. The van der Waals surface area contributed by atoms with Crippen molar-refractivity contribution in [3.8, 4) is 34.1 Å². The van der Waals surface area contributed by atoms with Crippen LogP contribution in [0.5, 0.6) is 11.5 Å². The van der Waals surface area contributed by atoms with Crippen molar-refractivity contribution >= 4 is 33.7 Å². The highest BCUT2D eigenvalue weighted by molar-refractivity contribution is 6.14. The fourth-order valence-electron chi connectivity index (χ4n) is 5.20. The van der Waals surface area contributed by atoms with Gasteiger partial charge in [0, 0.05) is 22.2 Å². The van der Waals surface area contributed by atoms with Crippen LogP contribution in [0.4, 0.5) is 17.1 Å². The van der Waals surface area contributed by atoms with Crippen molar-refractivity contribution in [1.82, 2.24) is 9.97 Å². The van der Waals surface area contributed by atoms with Gasteiger partial charge in [0.05, 0.1) is 29.2 Å². The summed E-state index contributed by atoms with van der Waals surface area (Å²) >= 11 is 0. The summed E-state index contributed by atoms with van der Waals surface area (Å²) < 4.78 is 0. The summed E-state index contributed by atoms with van der Waals surface area (Å²) in [6.45, 7) is 0.475. The highest BCUT2D eigenvalue weighted by atomic mass is 16.3. The molecule has 2 heterocycles. The Morgan fingerprint density at radius 3 is 1.93 bits per heavy atom. The van der Waals surface area contributed by atoms with Crippen molar-refractivity contribution in [3.05, 3.63) is 127 Å². The van der Waals surface area contributed by atoms with Gasteiger partial charge in [0.25, 0.3) is 0 Å². The van der Waals surface area contributed by atoms with E-state index in [2.05, 4.69) is 23.1 Å². The monoisotopic (exact) mass is 520 g/mol. The summed E-state index contributed by atoms with van der Waals surface area (Å²) in [5.41, 5.74) is 6.88. The van der Waals surface area contributed by atoms with Crippen LogP contribution < -0.4 is 4.90 Å². The summed E-state index contributed by atoms with van der Waals surface area (Å²) in [6, 6.07) is 38.5. The van der Waals surface area contributed by atoms with E-state index in [0.29, 0.717) is 34.7 Å². The number of nitrogens with zero attached hydrogens (tertiary/aromatic N) is 4. The van der Waals surface area contributed by atoms with E-state index in [1.807, 2.05) is 78.9 Å². The topological polar surface area (TPSA) is 81.8 Å². The van der Waals surface area contributed by atoms with E-state index in [0.717, 1.165) is 33.7 Å². The number of benzene rings is 5. The maximum absolute atomic E-state index is 10.7. The van der Waals surface area contributed by atoms with Crippen LogP contribution in [0.3, 0.4) is 0 Å². The number of hydrogen-bond acceptors (Lipinski definition) is 6. The third-order valence-corrected chi connectivity index (χ3v) is 7.14. The predicted octanol–water partition coefficient (Wildman–Crippen LogP) is 7.65. The first-order valence-electron chi connectivity index (χ1n) is 13.0. The summed E-state index contributed by atoms with van der Waals surface area (Å²) in [4.78, 5) is 17.3. The molecule has 192 valence electrons. The maximum atomic E-state index is 10.7. The first-order chi connectivity index (χ1) is 19.7. The molecule has 2 N–H and O–H groups in total. The molecule has 1 aromatic heterocycles. The zero-order valence-corrected chi connectivity index (χ0v) is 21.4. The lowest BCUT2D eigenvalue weighted by Gasteiger charge is -2.31. The molecule has 1 aliphatic heterocycles. The van der Waals surface area contributed by atoms with Crippen LogP contribution in [0.15, 0.2) is 126 Å². The van der Waals surface area contributed by atoms with E-state index < -0.39 is 0 Å². The van der Waals surface area contributed by atoms with E-state index in [4.69, 9.17) is 15.0 Å². The smallest absolute Gasteiger partial charge is 0.164 e. The van der Waals surface area contributed by atoms with Gasteiger partial charge in [-0.2, -0.15) is 0 Å². The molecule has 0 unspecified atom stereocenters. The molecule has 40 heavy (non-hydrogen) atoms. The van der Waals surface area contributed by atoms with E-state index in [1.54, 1.807) is 24.3 Å². The van der Waals surface area contributed by atoms with Gasteiger partial charge in [-0.15, -0.1) is 0 Å². The molecular formula is C34H24N4O2. The molecule has 7 rings (SSSR count). The van der Waals surface area contributed by atoms with Crippen LogP contribution in [0.2, 0.25) is 0 Å². The van der Waals surface area contributed by atoms with Gasteiger partial charge < -0.3 is 15.1 Å². The summed E-state index contributed by atoms with van der Waals surface area (Å²) in [5.74, 6) is 0.691. The molecule has 6 aromatic rings. The molecule has 0 bridgehead atoms. The predicted molar refractivity (Wildman–Crippen MR) is 160 cm³/mol. The van der Waals surface area contributed by atoms with Crippen LogP contribution >= 0.6 is 0 Å². The second kappa shape index (κ2) is 9.67. The number of rotatable bonds is 4. The third-order valence-electron chi connectivity index (χ3n) is 7.14. The zero-order chi connectivity index (χ0) is 27.1. The minimum absolute atomic E-state index is 0.106. The quantitative estimate of drug-likeness (QED) is 0.250. The standard InChI is InChI=1S/C34H24N4O2/c39-29-17-9-7-15-24(29)27-21-38(23-13-5-2-6-14-23)28-20-19-26-31(22-11-3-1-4-12-22)36-34(37-32(26)33(28)35-27)25-16-8-10-18-30(25)40/h1-20,39-40H,21H2. The molecule has 6 nitrogen and oxygen atoms in total. The Kier molecular flexibility index (Phi) is 5.71. The minimum atomic E-state index is 0.106. The summed E-state index contributed by atoms with van der Waals surface area (Å²) in [5, 5.41) is 22.3. The van der Waals surface area contributed by atoms with Gasteiger partial charge in [0.15, 0.2) is 5.82 Å². The van der Waals surface area contributed by atoms with Gasteiger partial charge in [-0.05, 0) is 48.5 Å². The molecule has 0 fully saturated rings. The molecular weight excluding hydrogens is 496 g/mol. The molecule has 0 radical (unpaired) electrons. The van der Waals surface area contributed by atoms with E-state index >= 15 is 0 Å². The number of para-hydroxylation sites is 3. The van der Waals surface area contributed by atoms with Crippen molar-refractivity contribution in [3.63, 3.8) is 0 Å². The van der Waals surface area contributed by atoms with Gasteiger partial charge >= 0.3 is 0 Å². The van der Waals surface area contributed by atoms with Crippen molar-refractivity contribution in [1.29, 1.82) is 0 Å². The van der Waals surface area contributed by atoms with E-state index in [9.17, 15) is 10.2 Å². The number of fused-ring (bicyclic) bond motifs is 3. The van der Waals surface area contributed by atoms with Crippen molar-refractivity contribution in [2.75, 3.05) is 11.4 Å². The second-order valence-electron chi connectivity index (χ2n) is 9.61. The Bertz CT molecular complexity index is 1900. The van der Waals surface area contributed by atoms with Crippen molar-refractivity contribution in [2.45, 2.75) is 0 Å². The largest absolute Gasteiger partial charge is 0.507 e. The van der Waals surface area contributed by atoms with Gasteiger partial charge in [0.2, 0.25) is 0 Å². The molecule has 0 saturated heterocycles. The minimum Gasteiger partial charge on any atom is -0.507 e. The lowest BCUT2D eigenvalue weighted by Crippen LogP contribution is -2.29. The first-order valence-corrected chi connectivity index (χ1v) is 13.0. The summed E-state index contributed by atoms with van der Waals surface area (Å²) in [6.07, 6.45) is 0. The maximum Gasteiger partial charge on any atom is 0.164 e.